The van der Waals surface area contributed by atoms with Crippen molar-refractivity contribution >= 4 is 5.91 Å². The molecule has 5 heteroatoms. The summed E-state index contributed by atoms with van der Waals surface area (Å²) in [7, 11) is 0. The molecule has 1 fully saturated rings. The molecule has 1 unspecified atom stereocenters. The second kappa shape index (κ2) is 6.83. The van der Waals surface area contributed by atoms with Gasteiger partial charge in [0.25, 0.3) is 5.91 Å². The van der Waals surface area contributed by atoms with Crippen LogP contribution in [-0.4, -0.2) is 30.4 Å². The molecule has 0 bridgehead atoms. The zero-order chi connectivity index (χ0) is 15.4. The molecule has 1 saturated heterocycles. The highest BCUT2D eigenvalue weighted by atomic mass is 16.3. The Morgan fingerprint density at radius 1 is 1.27 bits per heavy atom. The fourth-order valence-corrected chi connectivity index (χ4v) is 2.95. The van der Waals surface area contributed by atoms with Gasteiger partial charge < -0.3 is 14.2 Å². The molecular weight excluding hydrogens is 280 g/mol. The SMILES string of the molecule is Cc1ccc(C(=O)NCC(c2ccco2)N2CCCCC2)o1. The summed E-state index contributed by atoms with van der Waals surface area (Å²) < 4.78 is 10.9. The van der Waals surface area contributed by atoms with Crippen molar-refractivity contribution in [3.8, 4) is 0 Å². The van der Waals surface area contributed by atoms with Gasteiger partial charge in [-0.15, -0.1) is 0 Å². The summed E-state index contributed by atoms with van der Waals surface area (Å²) >= 11 is 0. The van der Waals surface area contributed by atoms with Crippen LogP contribution in [0.15, 0.2) is 39.4 Å². The zero-order valence-electron chi connectivity index (χ0n) is 12.9. The maximum atomic E-state index is 12.2. The Morgan fingerprint density at radius 2 is 2.09 bits per heavy atom. The van der Waals surface area contributed by atoms with Crippen molar-refractivity contribution in [2.24, 2.45) is 0 Å². The number of carbonyl (C=O) groups is 1. The molecule has 0 saturated carbocycles. The van der Waals surface area contributed by atoms with E-state index in [1.807, 2.05) is 19.1 Å². The van der Waals surface area contributed by atoms with Crippen molar-refractivity contribution in [1.82, 2.24) is 10.2 Å². The second-order valence-corrected chi connectivity index (χ2v) is 5.75. The van der Waals surface area contributed by atoms with Gasteiger partial charge in [0.1, 0.15) is 11.5 Å². The largest absolute Gasteiger partial charge is 0.468 e. The molecule has 5 nitrogen and oxygen atoms in total. The minimum Gasteiger partial charge on any atom is -0.468 e. The van der Waals surface area contributed by atoms with Crippen LogP contribution in [0.1, 0.15) is 47.4 Å². The van der Waals surface area contributed by atoms with Crippen LogP contribution in [0.4, 0.5) is 0 Å². The van der Waals surface area contributed by atoms with Gasteiger partial charge in [-0.05, 0) is 57.1 Å². The van der Waals surface area contributed by atoms with Gasteiger partial charge in [-0.25, -0.2) is 0 Å². The molecule has 0 spiro atoms. The summed E-state index contributed by atoms with van der Waals surface area (Å²) in [6, 6.07) is 7.44. The topological polar surface area (TPSA) is 58.6 Å². The van der Waals surface area contributed by atoms with Gasteiger partial charge in [-0.3, -0.25) is 9.69 Å². The molecule has 3 heterocycles. The van der Waals surface area contributed by atoms with Crippen LogP contribution in [0.5, 0.6) is 0 Å². The van der Waals surface area contributed by atoms with E-state index in [9.17, 15) is 4.79 Å². The molecule has 2 aromatic rings. The Labute approximate surface area is 130 Å². The number of furan rings is 2. The lowest BCUT2D eigenvalue weighted by Gasteiger charge is -2.33. The second-order valence-electron chi connectivity index (χ2n) is 5.75. The van der Waals surface area contributed by atoms with Crippen molar-refractivity contribution < 1.29 is 13.6 Å². The number of piperidine rings is 1. The number of nitrogens with one attached hydrogen (secondary N) is 1. The van der Waals surface area contributed by atoms with Crippen LogP contribution >= 0.6 is 0 Å². The molecule has 22 heavy (non-hydrogen) atoms. The van der Waals surface area contributed by atoms with Crippen LogP contribution in [0, 0.1) is 6.92 Å². The van der Waals surface area contributed by atoms with Gasteiger partial charge in [0.05, 0.1) is 12.3 Å². The van der Waals surface area contributed by atoms with Crippen LogP contribution in [-0.2, 0) is 0 Å². The van der Waals surface area contributed by atoms with E-state index in [0.717, 1.165) is 24.6 Å². The minimum absolute atomic E-state index is 0.0790. The third-order valence-corrected chi connectivity index (χ3v) is 4.12. The van der Waals surface area contributed by atoms with E-state index >= 15 is 0 Å². The zero-order valence-corrected chi connectivity index (χ0v) is 12.9. The van der Waals surface area contributed by atoms with E-state index in [0.29, 0.717) is 12.3 Å². The van der Waals surface area contributed by atoms with Crippen LogP contribution in [0.2, 0.25) is 0 Å². The lowest BCUT2D eigenvalue weighted by molar-refractivity contribution is 0.0886. The number of aryl methyl sites for hydroxylation is 1. The Kier molecular flexibility index (Phi) is 4.63. The molecule has 1 aliphatic heterocycles. The fourth-order valence-electron chi connectivity index (χ4n) is 2.95. The molecule has 118 valence electrons. The molecule has 0 aromatic carbocycles. The van der Waals surface area contributed by atoms with Gasteiger partial charge in [-0.2, -0.15) is 0 Å². The molecule has 1 amide bonds. The van der Waals surface area contributed by atoms with E-state index in [1.165, 1.54) is 19.3 Å². The highest BCUT2D eigenvalue weighted by Gasteiger charge is 2.25. The molecular formula is C17H22N2O3. The van der Waals surface area contributed by atoms with Crippen LogP contribution in [0.25, 0.3) is 0 Å². The van der Waals surface area contributed by atoms with Crippen molar-refractivity contribution in [1.29, 1.82) is 0 Å². The molecule has 1 atom stereocenters. The lowest BCUT2D eigenvalue weighted by Crippen LogP contribution is -2.40. The van der Waals surface area contributed by atoms with Gasteiger partial charge >= 0.3 is 0 Å². The summed E-state index contributed by atoms with van der Waals surface area (Å²) in [5, 5.41) is 2.96. The Bertz CT molecular complexity index is 597. The molecule has 0 aliphatic carbocycles. The molecule has 1 aliphatic rings. The van der Waals surface area contributed by atoms with Crippen LogP contribution in [0.3, 0.4) is 0 Å². The van der Waals surface area contributed by atoms with Gasteiger partial charge in [0.2, 0.25) is 0 Å². The predicted octanol–water partition coefficient (Wildman–Crippen LogP) is 3.14. The summed E-state index contributed by atoms with van der Waals surface area (Å²) in [5.41, 5.74) is 0. The van der Waals surface area contributed by atoms with E-state index in [4.69, 9.17) is 8.83 Å². The summed E-state index contributed by atoms with van der Waals surface area (Å²) in [5.74, 6) is 1.82. The number of carbonyl (C=O) groups excluding carboxylic acids is 1. The number of hydrogen-bond acceptors (Lipinski definition) is 4. The first-order chi connectivity index (χ1) is 10.7. The summed E-state index contributed by atoms with van der Waals surface area (Å²) in [6.07, 6.45) is 5.36. The predicted molar refractivity (Wildman–Crippen MR) is 82.7 cm³/mol. The normalized spacial score (nSPS) is 17.3. The first kappa shape index (κ1) is 14.9. The first-order valence-corrected chi connectivity index (χ1v) is 7.86. The Hall–Kier alpha value is -2.01. The highest BCUT2D eigenvalue weighted by molar-refractivity contribution is 5.91. The van der Waals surface area contributed by atoms with Crippen molar-refractivity contribution in [3.05, 3.63) is 47.8 Å². The fraction of sp³-hybridized carbons (Fsp3) is 0.471. The third kappa shape index (κ3) is 3.42. The summed E-state index contributed by atoms with van der Waals surface area (Å²) in [4.78, 5) is 14.5. The lowest BCUT2D eigenvalue weighted by atomic mass is 10.1. The average molecular weight is 302 g/mol. The Balaban J connectivity index is 1.66. The number of hydrogen-bond donors (Lipinski definition) is 1. The highest BCUT2D eigenvalue weighted by Crippen LogP contribution is 2.24. The van der Waals surface area contributed by atoms with Gasteiger partial charge in [0.15, 0.2) is 5.76 Å². The average Bonchev–Trinajstić information content (AvgIpc) is 3.20. The maximum Gasteiger partial charge on any atom is 0.287 e. The van der Waals surface area contributed by atoms with Crippen molar-refractivity contribution in [2.45, 2.75) is 32.2 Å². The maximum absolute atomic E-state index is 12.2. The number of rotatable bonds is 5. The Morgan fingerprint density at radius 3 is 2.73 bits per heavy atom. The van der Waals surface area contributed by atoms with E-state index < -0.39 is 0 Å². The number of amides is 1. The smallest absolute Gasteiger partial charge is 0.287 e. The van der Waals surface area contributed by atoms with E-state index in [2.05, 4.69) is 10.2 Å². The summed E-state index contributed by atoms with van der Waals surface area (Å²) in [6.45, 7) is 4.43. The quantitative estimate of drug-likeness (QED) is 0.922. The molecule has 2 aromatic heterocycles. The molecule has 1 N–H and O–H groups in total. The third-order valence-electron chi connectivity index (χ3n) is 4.12. The van der Waals surface area contributed by atoms with E-state index in [1.54, 1.807) is 18.4 Å². The van der Waals surface area contributed by atoms with E-state index in [-0.39, 0.29) is 11.9 Å². The molecule has 0 radical (unpaired) electrons. The molecule has 3 rings (SSSR count). The number of nitrogens with zero attached hydrogens (tertiary/aromatic N) is 1. The minimum atomic E-state index is -0.179. The van der Waals surface area contributed by atoms with Crippen molar-refractivity contribution in [3.63, 3.8) is 0 Å². The van der Waals surface area contributed by atoms with Gasteiger partial charge in [-0.1, -0.05) is 6.42 Å². The van der Waals surface area contributed by atoms with Crippen LogP contribution < -0.4 is 5.32 Å². The van der Waals surface area contributed by atoms with Crippen molar-refractivity contribution in [2.75, 3.05) is 19.6 Å². The monoisotopic (exact) mass is 302 g/mol. The first-order valence-electron chi connectivity index (χ1n) is 7.86. The van der Waals surface area contributed by atoms with Gasteiger partial charge in [0, 0.05) is 6.54 Å². The number of likely N-dealkylation sites (tertiary alicyclic amines) is 1. The standard InChI is InChI=1S/C17H22N2O3/c1-13-7-8-16(22-13)17(20)18-12-14(15-6-5-11-21-15)19-9-3-2-4-10-19/h5-8,11,14H,2-4,9-10,12H2,1H3,(H,18,20).